The standard InChI is InChI=1S/C16H11BrN2O/c17-14-8-4-5-9-15(14)19-16(20)13(11-18)10-12-6-2-1-3-7-12/h1-10H,(H,19,20). The van der Waals surface area contributed by atoms with E-state index in [1.807, 2.05) is 54.6 Å². The van der Waals surface area contributed by atoms with Crippen LogP contribution in [0.25, 0.3) is 6.08 Å². The number of nitrogens with zero attached hydrogens (tertiary/aromatic N) is 1. The van der Waals surface area contributed by atoms with Crippen molar-refractivity contribution < 1.29 is 4.79 Å². The summed E-state index contributed by atoms with van der Waals surface area (Å²) >= 11 is 3.35. The first kappa shape index (κ1) is 14.0. The maximum atomic E-state index is 12.1. The summed E-state index contributed by atoms with van der Waals surface area (Å²) < 4.78 is 0.769. The highest BCUT2D eigenvalue weighted by Gasteiger charge is 2.10. The number of halogens is 1. The van der Waals surface area contributed by atoms with E-state index < -0.39 is 5.91 Å². The number of nitrogens with one attached hydrogen (secondary N) is 1. The lowest BCUT2D eigenvalue weighted by Gasteiger charge is -2.06. The van der Waals surface area contributed by atoms with Crippen molar-refractivity contribution in [1.29, 1.82) is 5.26 Å². The Hall–Kier alpha value is -2.38. The number of amides is 1. The van der Waals surface area contributed by atoms with Gasteiger partial charge in [-0.05, 0) is 39.7 Å². The van der Waals surface area contributed by atoms with Crippen LogP contribution in [0.5, 0.6) is 0 Å². The number of anilines is 1. The summed E-state index contributed by atoms with van der Waals surface area (Å²) in [6, 6.07) is 18.4. The maximum absolute atomic E-state index is 12.1. The highest BCUT2D eigenvalue weighted by Crippen LogP contribution is 2.21. The predicted molar refractivity (Wildman–Crippen MR) is 82.8 cm³/mol. The molecule has 0 aliphatic heterocycles. The van der Waals surface area contributed by atoms with Crippen LogP contribution in [-0.2, 0) is 4.79 Å². The lowest BCUT2D eigenvalue weighted by atomic mass is 10.1. The molecular weight excluding hydrogens is 316 g/mol. The third-order valence-electron chi connectivity index (χ3n) is 2.60. The Kier molecular flexibility index (Phi) is 4.70. The van der Waals surface area contributed by atoms with Gasteiger partial charge in [0.1, 0.15) is 11.6 Å². The van der Waals surface area contributed by atoms with E-state index in [-0.39, 0.29) is 5.57 Å². The van der Waals surface area contributed by atoms with Crippen LogP contribution in [0.15, 0.2) is 64.6 Å². The summed E-state index contributed by atoms with van der Waals surface area (Å²) in [6.07, 6.45) is 1.56. The largest absolute Gasteiger partial charge is 0.320 e. The molecule has 0 aliphatic carbocycles. The Labute approximate surface area is 125 Å². The van der Waals surface area contributed by atoms with Gasteiger partial charge < -0.3 is 5.32 Å². The number of benzene rings is 2. The van der Waals surface area contributed by atoms with Crippen molar-refractivity contribution in [3.05, 3.63) is 70.2 Å². The minimum absolute atomic E-state index is 0.0620. The van der Waals surface area contributed by atoms with Crippen LogP contribution in [0.2, 0.25) is 0 Å². The molecule has 3 nitrogen and oxygen atoms in total. The molecular formula is C16H11BrN2O. The molecule has 98 valence electrons. The number of para-hydroxylation sites is 1. The summed E-state index contributed by atoms with van der Waals surface area (Å²) in [5.74, 6) is -0.428. The van der Waals surface area contributed by atoms with Gasteiger partial charge in [0.25, 0.3) is 5.91 Å². The molecule has 0 unspecified atom stereocenters. The first-order valence-electron chi connectivity index (χ1n) is 5.93. The van der Waals surface area contributed by atoms with Gasteiger partial charge in [-0.1, -0.05) is 42.5 Å². The van der Waals surface area contributed by atoms with Crippen molar-refractivity contribution in [2.24, 2.45) is 0 Å². The number of carbonyl (C=O) groups is 1. The third-order valence-corrected chi connectivity index (χ3v) is 3.29. The normalized spacial score (nSPS) is 10.7. The molecule has 0 aromatic heterocycles. The molecule has 0 saturated carbocycles. The molecule has 1 N–H and O–H groups in total. The molecule has 0 saturated heterocycles. The van der Waals surface area contributed by atoms with E-state index in [0.29, 0.717) is 5.69 Å². The Morgan fingerprint density at radius 2 is 1.75 bits per heavy atom. The van der Waals surface area contributed by atoms with Crippen LogP contribution in [0, 0.1) is 11.3 Å². The summed E-state index contributed by atoms with van der Waals surface area (Å²) in [4.78, 5) is 12.1. The molecule has 1 amide bonds. The summed E-state index contributed by atoms with van der Waals surface area (Å²) in [7, 11) is 0. The van der Waals surface area contributed by atoms with E-state index in [0.717, 1.165) is 10.0 Å². The Morgan fingerprint density at radius 3 is 2.40 bits per heavy atom. The second-order valence-electron chi connectivity index (χ2n) is 4.01. The lowest BCUT2D eigenvalue weighted by Crippen LogP contribution is -2.13. The van der Waals surface area contributed by atoms with E-state index in [1.54, 1.807) is 12.1 Å². The highest BCUT2D eigenvalue weighted by atomic mass is 79.9. The number of rotatable bonds is 3. The zero-order valence-corrected chi connectivity index (χ0v) is 12.1. The van der Waals surface area contributed by atoms with Gasteiger partial charge in [0.15, 0.2) is 0 Å². The van der Waals surface area contributed by atoms with Crippen molar-refractivity contribution in [3.8, 4) is 6.07 Å². The van der Waals surface area contributed by atoms with Crippen LogP contribution < -0.4 is 5.32 Å². The Bertz CT molecular complexity index is 687. The van der Waals surface area contributed by atoms with Gasteiger partial charge in [0.2, 0.25) is 0 Å². The van der Waals surface area contributed by atoms with Crippen molar-refractivity contribution in [1.82, 2.24) is 0 Å². The van der Waals surface area contributed by atoms with Crippen LogP contribution in [-0.4, -0.2) is 5.91 Å². The molecule has 2 aromatic carbocycles. The average Bonchev–Trinajstić information content (AvgIpc) is 2.48. The fourth-order valence-electron chi connectivity index (χ4n) is 1.62. The van der Waals surface area contributed by atoms with Crippen molar-refractivity contribution in [2.45, 2.75) is 0 Å². The van der Waals surface area contributed by atoms with Crippen molar-refractivity contribution in [3.63, 3.8) is 0 Å². The minimum Gasteiger partial charge on any atom is -0.320 e. The molecule has 0 spiro atoms. The summed E-state index contributed by atoms with van der Waals surface area (Å²) in [6.45, 7) is 0. The summed E-state index contributed by atoms with van der Waals surface area (Å²) in [5, 5.41) is 11.8. The molecule has 0 atom stereocenters. The highest BCUT2D eigenvalue weighted by molar-refractivity contribution is 9.10. The first-order chi connectivity index (χ1) is 9.70. The average molecular weight is 327 g/mol. The second kappa shape index (κ2) is 6.69. The van der Waals surface area contributed by atoms with Crippen LogP contribution >= 0.6 is 15.9 Å². The van der Waals surface area contributed by atoms with Gasteiger partial charge in [-0.25, -0.2) is 0 Å². The van der Waals surface area contributed by atoms with Crippen LogP contribution in [0.1, 0.15) is 5.56 Å². The third kappa shape index (κ3) is 3.56. The fraction of sp³-hybridized carbons (Fsp3) is 0. The quantitative estimate of drug-likeness (QED) is 0.684. The lowest BCUT2D eigenvalue weighted by molar-refractivity contribution is -0.112. The number of carbonyl (C=O) groups excluding carboxylic acids is 1. The zero-order chi connectivity index (χ0) is 14.4. The van der Waals surface area contributed by atoms with E-state index in [1.165, 1.54) is 0 Å². The minimum atomic E-state index is -0.428. The fourth-order valence-corrected chi connectivity index (χ4v) is 2.00. The van der Waals surface area contributed by atoms with Crippen LogP contribution in [0.3, 0.4) is 0 Å². The molecule has 0 radical (unpaired) electrons. The molecule has 0 fully saturated rings. The smallest absolute Gasteiger partial charge is 0.266 e. The Balaban J connectivity index is 2.21. The molecule has 2 rings (SSSR count). The number of nitriles is 1. The van der Waals surface area contributed by atoms with Gasteiger partial charge >= 0.3 is 0 Å². The van der Waals surface area contributed by atoms with Gasteiger partial charge in [0, 0.05) is 4.47 Å². The van der Waals surface area contributed by atoms with Crippen molar-refractivity contribution >= 4 is 33.6 Å². The molecule has 2 aromatic rings. The monoisotopic (exact) mass is 326 g/mol. The number of hydrogen-bond donors (Lipinski definition) is 1. The maximum Gasteiger partial charge on any atom is 0.266 e. The number of hydrogen-bond acceptors (Lipinski definition) is 2. The van der Waals surface area contributed by atoms with E-state index in [9.17, 15) is 4.79 Å². The zero-order valence-electron chi connectivity index (χ0n) is 10.5. The van der Waals surface area contributed by atoms with Gasteiger partial charge in [0.05, 0.1) is 5.69 Å². The Morgan fingerprint density at radius 1 is 1.10 bits per heavy atom. The van der Waals surface area contributed by atoms with Gasteiger partial charge in [-0.15, -0.1) is 0 Å². The predicted octanol–water partition coefficient (Wildman–Crippen LogP) is 3.99. The second-order valence-corrected chi connectivity index (χ2v) is 4.87. The molecule has 0 bridgehead atoms. The van der Waals surface area contributed by atoms with Gasteiger partial charge in [-0.3, -0.25) is 4.79 Å². The SMILES string of the molecule is N#CC(=Cc1ccccc1)C(=O)Nc1ccccc1Br. The summed E-state index contributed by atoms with van der Waals surface area (Å²) in [5.41, 5.74) is 1.50. The molecule has 20 heavy (non-hydrogen) atoms. The van der Waals surface area contributed by atoms with Crippen molar-refractivity contribution in [2.75, 3.05) is 5.32 Å². The molecule has 0 aliphatic rings. The van der Waals surface area contributed by atoms with E-state index in [2.05, 4.69) is 21.2 Å². The van der Waals surface area contributed by atoms with E-state index in [4.69, 9.17) is 5.26 Å². The molecule has 0 heterocycles. The first-order valence-corrected chi connectivity index (χ1v) is 6.73. The van der Waals surface area contributed by atoms with Crippen LogP contribution in [0.4, 0.5) is 5.69 Å². The van der Waals surface area contributed by atoms with E-state index >= 15 is 0 Å². The molecule has 4 heteroatoms. The van der Waals surface area contributed by atoms with Gasteiger partial charge in [-0.2, -0.15) is 5.26 Å². The topological polar surface area (TPSA) is 52.9 Å².